The zero-order chi connectivity index (χ0) is 8.20. The molecule has 0 atom stereocenters. The third-order valence-electron chi connectivity index (χ3n) is 0.685. The smallest absolute Gasteiger partial charge is 0.790 e. The number of hydrogen-bond acceptors (Lipinski definition) is 6. The van der Waals surface area contributed by atoms with E-state index >= 15 is 0 Å². The van der Waals surface area contributed by atoms with Gasteiger partial charge in [-0.1, -0.05) is 0 Å². The second kappa shape index (κ2) is 22.1. The Balaban J connectivity index is -0.0000000270. The van der Waals surface area contributed by atoms with Crippen LogP contribution < -0.4 is 68.9 Å². The zero-order valence-corrected chi connectivity index (χ0v) is 13.9. The molecular formula is C3H15Na2O10P. The first-order chi connectivity index (χ1) is 4.49. The minimum atomic E-state index is -5.07. The molecule has 0 fully saturated rings. The Kier molecular flexibility index (Phi) is 59.4. The van der Waals surface area contributed by atoms with Gasteiger partial charge in [0.15, 0.2) is 0 Å². The molecule has 0 amide bonds. The van der Waals surface area contributed by atoms with Gasteiger partial charge in [-0.15, -0.1) is 0 Å². The van der Waals surface area contributed by atoms with Crippen molar-refractivity contribution in [3.05, 3.63) is 0 Å². The maximum atomic E-state index is 9.79. The van der Waals surface area contributed by atoms with Crippen molar-refractivity contribution in [2.24, 2.45) is 0 Å². The van der Waals surface area contributed by atoms with Gasteiger partial charge >= 0.3 is 59.1 Å². The van der Waals surface area contributed by atoms with Crippen LogP contribution in [0, 0.1) is 0 Å². The van der Waals surface area contributed by atoms with Crippen LogP contribution in [-0.4, -0.2) is 51.4 Å². The molecule has 0 aliphatic carbocycles. The van der Waals surface area contributed by atoms with Gasteiger partial charge in [0.25, 0.3) is 0 Å². The van der Waals surface area contributed by atoms with Crippen LogP contribution >= 0.6 is 7.82 Å². The molecular weight excluding hydrogens is 273 g/mol. The van der Waals surface area contributed by atoms with Crippen LogP contribution in [-0.2, 0) is 9.09 Å². The van der Waals surface area contributed by atoms with Crippen molar-refractivity contribution >= 4 is 7.82 Å². The van der Waals surface area contributed by atoms with E-state index < -0.39 is 27.1 Å². The average molecular weight is 288 g/mol. The third-order valence-corrected chi connectivity index (χ3v) is 1.24. The van der Waals surface area contributed by atoms with E-state index in [1.54, 1.807) is 0 Å². The van der Waals surface area contributed by atoms with Crippen LogP contribution in [0.25, 0.3) is 0 Å². The standard InChI is InChI=1S/C3H9O6P.2Na.4H2O/c4-1-3(2-5)9-10(6,7)8;;;;;;/h3-5H,1-2H2,(H2,6,7,8);;;4*1H2/q;2*+1;;;;/p-2. The molecule has 10 nitrogen and oxygen atoms in total. The molecule has 0 bridgehead atoms. The molecule has 0 spiro atoms. The summed E-state index contributed by atoms with van der Waals surface area (Å²) in [7, 11) is -5.07. The van der Waals surface area contributed by atoms with Crippen molar-refractivity contribution in [3.8, 4) is 0 Å². The van der Waals surface area contributed by atoms with Crippen molar-refractivity contribution in [2.75, 3.05) is 13.2 Å². The third kappa shape index (κ3) is 29.7. The Bertz CT molecular complexity index is 136. The summed E-state index contributed by atoms with van der Waals surface area (Å²) in [5.41, 5.74) is 0. The van der Waals surface area contributed by atoms with E-state index in [0.29, 0.717) is 0 Å². The second-order valence-corrected chi connectivity index (χ2v) is 2.65. The maximum absolute atomic E-state index is 9.79. The number of aliphatic hydroxyl groups excluding tert-OH is 2. The molecule has 0 aliphatic rings. The molecule has 0 aliphatic heterocycles. The maximum Gasteiger partial charge on any atom is 1.00 e. The Morgan fingerprint density at radius 1 is 1.00 bits per heavy atom. The fourth-order valence-corrected chi connectivity index (χ4v) is 0.805. The van der Waals surface area contributed by atoms with Gasteiger partial charge in [-0.25, -0.2) is 0 Å². The predicted octanol–water partition coefficient (Wildman–Crippen LogP) is -12.1. The number of hydrogen-bond donors (Lipinski definition) is 2. The number of phosphoric ester groups is 1. The van der Waals surface area contributed by atoms with Gasteiger partial charge < -0.3 is 51.0 Å². The van der Waals surface area contributed by atoms with E-state index in [1.165, 1.54) is 0 Å². The molecule has 0 saturated heterocycles. The van der Waals surface area contributed by atoms with Gasteiger partial charge in [0, 0.05) is 0 Å². The van der Waals surface area contributed by atoms with Gasteiger partial charge in [0.2, 0.25) is 0 Å². The van der Waals surface area contributed by atoms with Crippen molar-refractivity contribution < 1.29 is 110 Å². The molecule has 13 heteroatoms. The molecule has 0 unspecified atom stereocenters. The Morgan fingerprint density at radius 3 is 1.31 bits per heavy atom. The second-order valence-electron chi connectivity index (χ2n) is 1.54. The zero-order valence-electron chi connectivity index (χ0n) is 8.97. The first-order valence-electron chi connectivity index (χ1n) is 2.41. The molecule has 16 heavy (non-hydrogen) atoms. The van der Waals surface area contributed by atoms with E-state index in [2.05, 4.69) is 4.52 Å². The molecule has 0 radical (unpaired) electrons. The van der Waals surface area contributed by atoms with Crippen LogP contribution in [0.15, 0.2) is 0 Å². The fraction of sp³-hybridized carbons (Fsp3) is 1.00. The van der Waals surface area contributed by atoms with Gasteiger partial charge in [0.05, 0.1) is 21.0 Å². The van der Waals surface area contributed by atoms with E-state index in [0.717, 1.165) is 0 Å². The fourth-order valence-electron chi connectivity index (χ4n) is 0.307. The van der Waals surface area contributed by atoms with Crippen molar-refractivity contribution in [1.29, 1.82) is 0 Å². The molecule has 10 N–H and O–H groups in total. The Hall–Kier alpha value is 1.87. The predicted molar refractivity (Wildman–Crippen MR) is 41.1 cm³/mol. The van der Waals surface area contributed by atoms with Crippen molar-refractivity contribution in [1.82, 2.24) is 0 Å². The van der Waals surface area contributed by atoms with E-state index in [9.17, 15) is 14.4 Å². The first kappa shape index (κ1) is 43.0. The Morgan fingerprint density at radius 2 is 1.25 bits per heavy atom. The summed E-state index contributed by atoms with van der Waals surface area (Å²) in [6.07, 6.45) is -1.33. The van der Waals surface area contributed by atoms with E-state index in [-0.39, 0.29) is 81.0 Å². The first-order valence-corrected chi connectivity index (χ1v) is 3.88. The number of phosphoric acid groups is 1. The summed E-state index contributed by atoms with van der Waals surface area (Å²) in [5, 5.41) is 16.4. The monoisotopic (exact) mass is 288 g/mol. The largest absolute Gasteiger partial charge is 1.00 e. The van der Waals surface area contributed by atoms with Crippen molar-refractivity contribution in [2.45, 2.75) is 6.10 Å². The average Bonchev–Trinajstić information content (AvgIpc) is 1.81. The summed E-state index contributed by atoms with van der Waals surface area (Å²) in [6, 6.07) is 0. The minimum absolute atomic E-state index is 0. The number of rotatable bonds is 4. The molecule has 0 aromatic carbocycles. The summed E-state index contributed by atoms with van der Waals surface area (Å²) in [6.45, 7) is -1.41. The van der Waals surface area contributed by atoms with Gasteiger partial charge in [-0.2, -0.15) is 0 Å². The SMILES string of the molecule is O.O.O.O.O=P([O-])([O-])OC(CO)CO.[Na+].[Na+]. The van der Waals surface area contributed by atoms with Gasteiger partial charge in [-0.3, -0.25) is 0 Å². The van der Waals surface area contributed by atoms with Crippen molar-refractivity contribution in [3.63, 3.8) is 0 Å². The summed E-state index contributed by atoms with van der Waals surface area (Å²) in [4.78, 5) is 19.6. The number of aliphatic hydroxyl groups is 2. The minimum Gasteiger partial charge on any atom is -0.790 e. The summed E-state index contributed by atoms with van der Waals surface area (Å²) >= 11 is 0. The normalized spacial score (nSPS) is 7.81. The van der Waals surface area contributed by atoms with Crippen LogP contribution in [0.5, 0.6) is 0 Å². The topological polar surface area (TPSA) is 239 Å². The van der Waals surface area contributed by atoms with Gasteiger partial charge in [0.1, 0.15) is 6.10 Å². The molecule has 0 rings (SSSR count). The molecule has 0 heterocycles. The van der Waals surface area contributed by atoms with Crippen LogP contribution in [0.2, 0.25) is 0 Å². The van der Waals surface area contributed by atoms with Crippen LogP contribution in [0.3, 0.4) is 0 Å². The Labute approximate surface area is 136 Å². The summed E-state index contributed by atoms with van der Waals surface area (Å²) < 4.78 is 13.5. The molecule has 0 aromatic rings. The quantitative estimate of drug-likeness (QED) is 0.375. The van der Waals surface area contributed by atoms with Crippen LogP contribution in [0.4, 0.5) is 0 Å². The van der Waals surface area contributed by atoms with Gasteiger partial charge in [-0.05, 0) is 0 Å². The van der Waals surface area contributed by atoms with E-state index in [1.807, 2.05) is 0 Å². The molecule has 0 saturated carbocycles. The molecule has 94 valence electrons. The molecule has 0 aromatic heterocycles. The van der Waals surface area contributed by atoms with E-state index in [4.69, 9.17) is 10.2 Å². The van der Waals surface area contributed by atoms with Crippen LogP contribution in [0.1, 0.15) is 0 Å². The summed E-state index contributed by atoms with van der Waals surface area (Å²) in [5.74, 6) is 0.